The van der Waals surface area contributed by atoms with E-state index in [4.69, 9.17) is 0 Å². The Kier molecular flexibility index (Phi) is 5.13. The standard InChI is InChI=1S/C20H21FN2OS/c1-13(2)19(20-22-17-10-9-16(21)11-18(17)25-20)23(14(3)24)12-15-7-5-4-6-8-15/h4-11,13,19H,12H2,1-3H3. The van der Waals surface area contributed by atoms with Crippen LogP contribution in [0.4, 0.5) is 4.39 Å². The lowest BCUT2D eigenvalue weighted by molar-refractivity contribution is -0.133. The van der Waals surface area contributed by atoms with E-state index in [2.05, 4.69) is 18.8 Å². The van der Waals surface area contributed by atoms with Gasteiger partial charge in [0.15, 0.2) is 0 Å². The topological polar surface area (TPSA) is 33.2 Å². The summed E-state index contributed by atoms with van der Waals surface area (Å²) in [6.07, 6.45) is 0. The summed E-state index contributed by atoms with van der Waals surface area (Å²) >= 11 is 1.46. The van der Waals surface area contributed by atoms with Gasteiger partial charge in [0.2, 0.25) is 5.91 Å². The van der Waals surface area contributed by atoms with Crippen LogP contribution >= 0.6 is 11.3 Å². The van der Waals surface area contributed by atoms with E-state index in [0.717, 1.165) is 20.8 Å². The smallest absolute Gasteiger partial charge is 0.220 e. The van der Waals surface area contributed by atoms with Gasteiger partial charge in [-0.2, -0.15) is 0 Å². The Labute approximate surface area is 151 Å². The van der Waals surface area contributed by atoms with E-state index in [1.807, 2.05) is 35.2 Å². The fraction of sp³-hybridized carbons (Fsp3) is 0.300. The van der Waals surface area contributed by atoms with E-state index in [1.165, 1.54) is 23.5 Å². The largest absolute Gasteiger partial charge is 0.329 e. The van der Waals surface area contributed by atoms with Gasteiger partial charge in [-0.25, -0.2) is 9.37 Å². The number of hydrogen-bond donors (Lipinski definition) is 0. The molecule has 1 unspecified atom stereocenters. The quantitative estimate of drug-likeness (QED) is 0.631. The van der Waals surface area contributed by atoms with Crippen LogP contribution in [0.25, 0.3) is 10.2 Å². The van der Waals surface area contributed by atoms with Crippen molar-refractivity contribution in [1.82, 2.24) is 9.88 Å². The number of carbonyl (C=O) groups is 1. The molecule has 3 aromatic rings. The number of nitrogens with zero attached hydrogens (tertiary/aromatic N) is 2. The van der Waals surface area contributed by atoms with Crippen molar-refractivity contribution in [3.8, 4) is 0 Å². The maximum Gasteiger partial charge on any atom is 0.220 e. The average Bonchev–Trinajstić information content (AvgIpc) is 2.97. The predicted octanol–water partition coefficient (Wildman–Crippen LogP) is 5.18. The minimum Gasteiger partial charge on any atom is -0.329 e. The molecule has 3 nitrogen and oxygen atoms in total. The molecule has 0 fully saturated rings. The molecule has 1 heterocycles. The summed E-state index contributed by atoms with van der Waals surface area (Å²) in [5, 5.41) is 0.849. The van der Waals surface area contributed by atoms with Gasteiger partial charge in [0.1, 0.15) is 10.8 Å². The van der Waals surface area contributed by atoms with Crippen LogP contribution in [-0.2, 0) is 11.3 Å². The van der Waals surface area contributed by atoms with Crippen LogP contribution in [0.3, 0.4) is 0 Å². The normalized spacial score (nSPS) is 12.5. The highest BCUT2D eigenvalue weighted by Gasteiger charge is 2.29. The van der Waals surface area contributed by atoms with Gasteiger partial charge in [-0.15, -0.1) is 11.3 Å². The molecule has 1 aromatic heterocycles. The first-order valence-corrected chi connectivity index (χ1v) is 9.14. The Hall–Kier alpha value is -2.27. The first-order valence-electron chi connectivity index (χ1n) is 8.33. The van der Waals surface area contributed by atoms with Gasteiger partial charge in [0, 0.05) is 13.5 Å². The van der Waals surface area contributed by atoms with E-state index in [-0.39, 0.29) is 23.7 Å². The van der Waals surface area contributed by atoms with Crippen molar-refractivity contribution >= 4 is 27.5 Å². The van der Waals surface area contributed by atoms with Crippen LogP contribution in [0.15, 0.2) is 48.5 Å². The lowest BCUT2D eigenvalue weighted by Gasteiger charge is -2.32. The van der Waals surface area contributed by atoms with Crippen molar-refractivity contribution in [2.24, 2.45) is 5.92 Å². The first-order chi connectivity index (χ1) is 12.0. The minimum absolute atomic E-state index is 0.00740. The molecular weight excluding hydrogens is 335 g/mol. The molecule has 5 heteroatoms. The van der Waals surface area contributed by atoms with E-state index in [0.29, 0.717) is 6.54 Å². The monoisotopic (exact) mass is 356 g/mol. The highest BCUT2D eigenvalue weighted by atomic mass is 32.1. The third-order valence-corrected chi connectivity index (χ3v) is 5.28. The second-order valence-electron chi connectivity index (χ2n) is 6.49. The van der Waals surface area contributed by atoms with Gasteiger partial charge in [0.05, 0.1) is 16.3 Å². The number of aromatic nitrogens is 1. The zero-order valence-corrected chi connectivity index (χ0v) is 15.4. The average molecular weight is 356 g/mol. The maximum absolute atomic E-state index is 13.5. The van der Waals surface area contributed by atoms with Gasteiger partial charge in [-0.3, -0.25) is 4.79 Å². The lowest BCUT2D eigenvalue weighted by Crippen LogP contribution is -2.35. The third kappa shape index (κ3) is 3.87. The molecule has 0 saturated carbocycles. The Morgan fingerprint density at radius 1 is 1.20 bits per heavy atom. The second kappa shape index (κ2) is 7.31. The zero-order chi connectivity index (χ0) is 18.0. The third-order valence-electron chi connectivity index (χ3n) is 4.19. The van der Waals surface area contributed by atoms with E-state index >= 15 is 0 Å². The van der Waals surface area contributed by atoms with Crippen molar-refractivity contribution in [1.29, 1.82) is 0 Å². The highest BCUT2D eigenvalue weighted by molar-refractivity contribution is 7.18. The van der Waals surface area contributed by atoms with E-state index in [9.17, 15) is 9.18 Å². The number of amides is 1. The van der Waals surface area contributed by atoms with Crippen LogP contribution < -0.4 is 0 Å². The molecule has 0 N–H and O–H groups in total. The number of thiazole rings is 1. The van der Waals surface area contributed by atoms with Crippen LogP contribution in [-0.4, -0.2) is 15.8 Å². The molecule has 0 aliphatic carbocycles. The summed E-state index contributed by atoms with van der Waals surface area (Å²) in [4.78, 5) is 18.9. The fourth-order valence-electron chi connectivity index (χ4n) is 3.01. The van der Waals surface area contributed by atoms with E-state index < -0.39 is 0 Å². The summed E-state index contributed by atoms with van der Waals surface area (Å²) in [7, 11) is 0. The Morgan fingerprint density at radius 2 is 1.92 bits per heavy atom. The summed E-state index contributed by atoms with van der Waals surface area (Å²) < 4.78 is 14.3. The SMILES string of the molecule is CC(=O)N(Cc1ccccc1)C(c1nc2ccc(F)cc2s1)C(C)C. The van der Waals surface area contributed by atoms with Gasteiger partial charge in [-0.05, 0) is 29.7 Å². The van der Waals surface area contributed by atoms with Crippen molar-refractivity contribution in [3.05, 3.63) is 64.9 Å². The summed E-state index contributed by atoms with van der Waals surface area (Å²) in [5.41, 5.74) is 1.85. The van der Waals surface area contributed by atoms with Crippen LogP contribution in [0, 0.1) is 11.7 Å². The molecule has 3 rings (SSSR count). The molecule has 0 aliphatic rings. The number of hydrogen-bond acceptors (Lipinski definition) is 3. The number of rotatable bonds is 5. The lowest BCUT2D eigenvalue weighted by atomic mass is 10.0. The number of fused-ring (bicyclic) bond motifs is 1. The highest BCUT2D eigenvalue weighted by Crippen LogP contribution is 2.35. The Morgan fingerprint density at radius 3 is 2.56 bits per heavy atom. The Bertz CT molecular complexity index is 876. The number of halogens is 1. The van der Waals surface area contributed by atoms with Crippen molar-refractivity contribution < 1.29 is 9.18 Å². The number of benzene rings is 2. The fourth-order valence-corrected chi connectivity index (χ4v) is 4.29. The molecule has 2 aromatic carbocycles. The van der Waals surface area contributed by atoms with Crippen LogP contribution in [0.1, 0.15) is 37.4 Å². The van der Waals surface area contributed by atoms with Crippen molar-refractivity contribution in [2.75, 3.05) is 0 Å². The molecule has 0 aliphatic heterocycles. The summed E-state index contributed by atoms with van der Waals surface area (Å²) in [6, 6.07) is 14.4. The molecule has 0 spiro atoms. The van der Waals surface area contributed by atoms with Crippen LogP contribution in [0.5, 0.6) is 0 Å². The minimum atomic E-state index is -0.267. The van der Waals surface area contributed by atoms with E-state index in [1.54, 1.807) is 13.0 Å². The molecule has 1 atom stereocenters. The zero-order valence-electron chi connectivity index (χ0n) is 14.6. The molecule has 0 radical (unpaired) electrons. The summed E-state index contributed by atoms with van der Waals surface area (Å²) in [5.74, 6) is -0.0671. The van der Waals surface area contributed by atoms with Crippen molar-refractivity contribution in [3.63, 3.8) is 0 Å². The molecule has 130 valence electrons. The van der Waals surface area contributed by atoms with Gasteiger partial charge in [0.25, 0.3) is 0 Å². The van der Waals surface area contributed by atoms with Crippen LogP contribution in [0.2, 0.25) is 0 Å². The van der Waals surface area contributed by atoms with Gasteiger partial charge in [-0.1, -0.05) is 44.2 Å². The molecule has 1 amide bonds. The second-order valence-corrected chi connectivity index (χ2v) is 7.55. The predicted molar refractivity (Wildman–Crippen MR) is 99.8 cm³/mol. The molecule has 25 heavy (non-hydrogen) atoms. The summed E-state index contributed by atoms with van der Waals surface area (Å²) in [6.45, 7) is 6.28. The molecular formula is C20H21FN2OS. The van der Waals surface area contributed by atoms with Crippen molar-refractivity contribution in [2.45, 2.75) is 33.4 Å². The molecule has 0 saturated heterocycles. The van der Waals surface area contributed by atoms with Gasteiger partial charge < -0.3 is 4.90 Å². The Balaban J connectivity index is 2.00. The van der Waals surface area contributed by atoms with Gasteiger partial charge >= 0.3 is 0 Å². The number of carbonyl (C=O) groups excluding carboxylic acids is 1. The first kappa shape index (κ1) is 17.5. The molecule has 0 bridgehead atoms. The maximum atomic E-state index is 13.5.